The van der Waals surface area contributed by atoms with Gasteiger partial charge in [0.15, 0.2) is 0 Å². The molecule has 13 heavy (non-hydrogen) atoms. The predicted octanol–water partition coefficient (Wildman–Crippen LogP) is 0.592. The van der Waals surface area contributed by atoms with Crippen molar-refractivity contribution >= 4 is 5.69 Å². The van der Waals surface area contributed by atoms with E-state index in [4.69, 9.17) is 16.2 Å². The van der Waals surface area contributed by atoms with Gasteiger partial charge in [0, 0.05) is 0 Å². The third-order valence-corrected chi connectivity index (χ3v) is 2.29. The zero-order valence-electron chi connectivity index (χ0n) is 7.09. The Hall–Kier alpha value is -1.13. The van der Waals surface area contributed by atoms with Crippen molar-refractivity contribution in [2.75, 3.05) is 18.9 Å². The van der Waals surface area contributed by atoms with E-state index in [0.717, 1.165) is 5.56 Å². The van der Waals surface area contributed by atoms with Crippen molar-refractivity contribution in [1.29, 1.82) is 0 Å². The predicted molar refractivity (Wildman–Crippen MR) is 47.5 cm³/mol. The summed E-state index contributed by atoms with van der Waals surface area (Å²) < 4.78 is 18.0. The van der Waals surface area contributed by atoms with E-state index in [0.29, 0.717) is 13.2 Å². The highest BCUT2D eigenvalue weighted by molar-refractivity contribution is 5.43. The average molecular weight is 182 g/mol. The molecule has 0 bridgehead atoms. The smallest absolute Gasteiger partial charge is 0.146 e. The van der Waals surface area contributed by atoms with Crippen LogP contribution in [-0.4, -0.2) is 13.2 Å². The number of nitrogens with two attached hydrogens (primary N) is 2. The molecule has 2 rings (SSSR count). The SMILES string of the molecule is Nc1ccc(C2(N)COC2)cc1F. The molecule has 1 fully saturated rings. The van der Waals surface area contributed by atoms with Crippen molar-refractivity contribution in [3.8, 4) is 0 Å². The second-order valence-corrected chi connectivity index (χ2v) is 3.39. The van der Waals surface area contributed by atoms with Crippen molar-refractivity contribution in [2.45, 2.75) is 5.54 Å². The molecule has 1 aromatic rings. The molecule has 0 aromatic heterocycles. The molecule has 1 saturated heterocycles. The maximum atomic E-state index is 13.0. The fourth-order valence-electron chi connectivity index (χ4n) is 1.33. The molecule has 0 amide bonds. The second-order valence-electron chi connectivity index (χ2n) is 3.39. The van der Waals surface area contributed by atoms with Crippen LogP contribution in [0.1, 0.15) is 5.56 Å². The molecule has 0 aliphatic carbocycles. The Morgan fingerprint density at radius 2 is 2.08 bits per heavy atom. The van der Waals surface area contributed by atoms with Crippen LogP contribution in [-0.2, 0) is 10.3 Å². The van der Waals surface area contributed by atoms with E-state index in [1.54, 1.807) is 6.07 Å². The maximum absolute atomic E-state index is 13.0. The van der Waals surface area contributed by atoms with Gasteiger partial charge in [-0.05, 0) is 17.7 Å². The summed E-state index contributed by atoms with van der Waals surface area (Å²) in [6.07, 6.45) is 0. The summed E-state index contributed by atoms with van der Waals surface area (Å²) in [6, 6.07) is 4.64. The number of benzene rings is 1. The maximum Gasteiger partial charge on any atom is 0.146 e. The fourth-order valence-corrected chi connectivity index (χ4v) is 1.33. The van der Waals surface area contributed by atoms with Gasteiger partial charge in [0.05, 0.1) is 24.4 Å². The number of anilines is 1. The van der Waals surface area contributed by atoms with Crippen LogP contribution in [0.3, 0.4) is 0 Å². The lowest BCUT2D eigenvalue weighted by Gasteiger charge is -2.38. The Morgan fingerprint density at radius 3 is 2.54 bits per heavy atom. The van der Waals surface area contributed by atoms with Crippen molar-refractivity contribution in [3.05, 3.63) is 29.6 Å². The molecule has 1 heterocycles. The third kappa shape index (κ3) is 1.28. The lowest BCUT2D eigenvalue weighted by atomic mass is 9.89. The first-order valence-electron chi connectivity index (χ1n) is 4.04. The van der Waals surface area contributed by atoms with E-state index in [1.807, 2.05) is 0 Å². The van der Waals surface area contributed by atoms with Gasteiger partial charge in [-0.2, -0.15) is 0 Å². The molecule has 1 aromatic carbocycles. The van der Waals surface area contributed by atoms with E-state index in [1.165, 1.54) is 12.1 Å². The highest BCUT2D eigenvalue weighted by Gasteiger charge is 2.36. The summed E-state index contributed by atoms with van der Waals surface area (Å²) >= 11 is 0. The largest absolute Gasteiger partial charge is 0.396 e. The molecule has 0 unspecified atom stereocenters. The van der Waals surface area contributed by atoms with Gasteiger partial charge < -0.3 is 16.2 Å². The highest BCUT2D eigenvalue weighted by atomic mass is 19.1. The normalized spacial score (nSPS) is 19.5. The number of hydrogen-bond acceptors (Lipinski definition) is 3. The van der Waals surface area contributed by atoms with Crippen LogP contribution in [0.15, 0.2) is 18.2 Å². The molecule has 4 N–H and O–H groups in total. The molecule has 0 atom stereocenters. The van der Waals surface area contributed by atoms with Gasteiger partial charge in [-0.15, -0.1) is 0 Å². The first-order chi connectivity index (χ1) is 6.12. The first-order valence-corrected chi connectivity index (χ1v) is 4.04. The monoisotopic (exact) mass is 182 g/mol. The molecular formula is C9H11FN2O. The van der Waals surface area contributed by atoms with Gasteiger partial charge in [0.2, 0.25) is 0 Å². The number of halogens is 1. The summed E-state index contributed by atoms with van der Waals surface area (Å²) in [5.74, 6) is -0.422. The third-order valence-electron chi connectivity index (χ3n) is 2.29. The lowest BCUT2D eigenvalue weighted by Crippen LogP contribution is -2.54. The minimum Gasteiger partial charge on any atom is -0.396 e. The van der Waals surface area contributed by atoms with E-state index < -0.39 is 11.4 Å². The molecule has 3 nitrogen and oxygen atoms in total. The molecule has 4 heteroatoms. The fraction of sp³-hybridized carbons (Fsp3) is 0.333. The molecular weight excluding hydrogens is 171 g/mol. The van der Waals surface area contributed by atoms with Crippen molar-refractivity contribution in [2.24, 2.45) is 5.73 Å². The van der Waals surface area contributed by atoms with Crippen LogP contribution in [0.2, 0.25) is 0 Å². The van der Waals surface area contributed by atoms with Crippen molar-refractivity contribution < 1.29 is 9.13 Å². The standard InChI is InChI=1S/C9H11FN2O/c10-7-3-6(1-2-8(7)11)9(12)4-13-5-9/h1-3H,4-5,11-12H2. The Kier molecular flexibility index (Phi) is 1.75. The Balaban J connectivity index is 2.36. The van der Waals surface area contributed by atoms with Crippen LogP contribution < -0.4 is 11.5 Å². The molecule has 0 saturated carbocycles. The van der Waals surface area contributed by atoms with Crippen molar-refractivity contribution in [3.63, 3.8) is 0 Å². The Morgan fingerprint density at radius 1 is 1.38 bits per heavy atom. The number of nitrogen functional groups attached to an aromatic ring is 1. The van der Waals surface area contributed by atoms with Crippen LogP contribution in [0.4, 0.5) is 10.1 Å². The summed E-state index contributed by atoms with van der Waals surface area (Å²) in [5.41, 5.74) is 11.6. The summed E-state index contributed by atoms with van der Waals surface area (Å²) in [5, 5.41) is 0. The summed E-state index contributed by atoms with van der Waals surface area (Å²) in [4.78, 5) is 0. The summed E-state index contributed by atoms with van der Waals surface area (Å²) in [6.45, 7) is 0.882. The number of ether oxygens (including phenoxy) is 1. The minimum atomic E-state index is -0.519. The molecule has 1 aliphatic rings. The van der Waals surface area contributed by atoms with Crippen LogP contribution in [0, 0.1) is 5.82 Å². The number of hydrogen-bond donors (Lipinski definition) is 2. The summed E-state index contributed by atoms with van der Waals surface area (Å²) in [7, 11) is 0. The Bertz CT molecular complexity index is 336. The van der Waals surface area contributed by atoms with Crippen LogP contribution >= 0.6 is 0 Å². The Labute approximate surface area is 75.5 Å². The zero-order chi connectivity index (χ0) is 9.47. The number of rotatable bonds is 1. The highest BCUT2D eigenvalue weighted by Crippen LogP contribution is 2.28. The van der Waals surface area contributed by atoms with Gasteiger partial charge in [-0.25, -0.2) is 4.39 Å². The van der Waals surface area contributed by atoms with Crippen LogP contribution in [0.25, 0.3) is 0 Å². The van der Waals surface area contributed by atoms with Gasteiger partial charge >= 0.3 is 0 Å². The van der Waals surface area contributed by atoms with Gasteiger partial charge in [0.1, 0.15) is 5.82 Å². The van der Waals surface area contributed by atoms with E-state index >= 15 is 0 Å². The topological polar surface area (TPSA) is 61.3 Å². The lowest BCUT2D eigenvalue weighted by molar-refractivity contribution is -0.0570. The van der Waals surface area contributed by atoms with E-state index in [9.17, 15) is 4.39 Å². The first kappa shape index (κ1) is 8.47. The molecule has 1 aliphatic heterocycles. The van der Waals surface area contributed by atoms with E-state index in [2.05, 4.69) is 0 Å². The van der Waals surface area contributed by atoms with E-state index in [-0.39, 0.29) is 5.69 Å². The van der Waals surface area contributed by atoms with Crippen LogP contribution in [0.5, 0.6) is 0 Å². The van der Waals surface area contributed by atoms with Gasteiger partial charge in [0.25, 0.3) is 0 Å². The zero-order valence-corrected chi connectivity index (χ0v) is 7.09. The molecule has 0 spiro atoms. The minimum absolute atomic E-state index is 0.146. The van der Waals surface area contributed by atoms with Gasteiger partial charge in [-0.1, -0.05) is 6.07 Å². The molecule has 0 radical (unpaired) electrons. The average Bonchev–Trinajstić information content (AvgIpc) is 2.06. The molecule has 70 valence electrons. The second kappa shape index (κ2) is 2.68. The quantitative estimate of drug-likeness (QED) is 0.625. The van der Waals surface area contributed by atoms with Gasteiger partial charge in [-0.3, -0.25) is 0 Å². The van der Waals surface area contributed by atoms with Crippen molar-refractivity contribution in [1.82, 2.24) is 0 Å².